The van der Waals surface area contributed by atoms with E-state index in [1.54, 1.807) is 0 Å². The highest BCUT2D eigenvalue weighted by Crippen LogP contribution is 2.37. The molecule has 1 saturated heterocycles. The van der Waals surface area contributed by atoms with E-state index in [1.807, 2.05) is 26.0 Å². The topological polar surface area (TPSA) is 66.5 Å². The largest absolute Gasteiger partial charge is 0.324 e. The Labute approximate surface area is 162 Å². The van der Waals surface area contributed by atoms with E-state index >= 15 is 0 Å². The van der Waals surface area contributed by atoms with Crippen LogP contribution in [-0.2, 0) is 14.4 Å². The lowest BCUT2D eigenvalue weighted by atomic mass is 9.85. The lowest BCUT2D eigenvalue weighted by Gasteiger charge is -2.27. The van der Waals surface area contributed by atoms with Crippen molar-refractivity contribution in [3.8, 4) is 0 Å². The van der Waals surface area contributed by atoms with Gasteiger partial charge in [0.1, 0.15) is 11.9 Å². The highest BCUT2D eigenvalue weighted by atomic mass is 35.5. The summed E-state index contributed by atoms with van der Waals surface area (Å²) in [4.78, 5) is 39.8. The highest BCUT2D eigenvalue weighted by Gasteiger charge is 2.51. The summed E-state index contributed by atoms with van der Waals surface area (Å²) in [5, 5.41) is 2.55. The summed E-state index contributed by atoms with van der Waals surface area (Å²) in [5.41, 5.74) is 0.318. The fraction of sp³-hybridized carbons (Fsp3) is 0.450. The summed E-state index contributed by atoms with van der Waals surface area (Å²) in [6.45, 7) is 3.85. The number of rotatable bonds is 5. The van der Waals surface area contributed by atoms with Crippen LogP contribution in [-0.4, -0.2) is 28.7 Å². The number of halogens is 2. The van der Waals surface area contributed by atoms with Gasteiger partial charge in [-0.15, -0.1) is 0 Å². The minimum atomic E-state index is -0.903. The van der Waals surface area contributed by atoms with Crippen molar-refractivity contribution in [1.82, 2.24) is 4.90 Å². The maximum absolute atomic E-state index is 13.3. The SMILES string of the molecule is CC(C)CC(C(=O)Nc1ccc(F)c(Cl)c1)N1C(=O)C2CC=CCC2C1=O. The van der Waals surface area contributed by atoms with E-state index in [0.29, 0.717) is 24.9 Å². The maximum Gasteiger partial charge on any atom is 0.247 e. The summed E-state index contributed by atoms with van der Waals surface area (Å²) in [5.74, 6) is -2.30. The van der Waals surface area contributed by atoms with E-state index < -0.39 is 17.8 Å². The van der Waals surface area contributed by atoms with Crippen LogP contribution >= 0.6 is 11.6 Å². The van der Waals surface area contributed by atoms with Gasteiger partial charge in [0.15, 0.2) is 0 Å². The van der Waals surface area contributed by atoms with Crippen LogP contribution in [0, 0.1) is 23.6 Å². The first-order chi connectivity index (χ1) is 12.8. The molecule has 1 heterocycles. The number of hydrogen-bond acceptors (Lipinski definition) is 3. The summed E-state index contributed by atoms with van der Waals surface area (Å²) in [7, 11) is 0. The molecule has 1 aromatic rings. The Hall–Kier alpha value is -2.21. The molecule has 1 aliphatic heterocycles. The Morgan fingerprint density at radius 2 is 1.81 bits per heavy atom. The zero-order valence-corrected chi connectivity index (χ0v) is 16.0. The molecule has 0 bridgehead atoms. The minimum Gasteiger partial charge on any atom is -0.324 e. The molecule has 1 aromatic carbocycles. The number of carbonyl (C=O) groups excluding carboxylic acids is 3. The van der Waals surface area contributed by atoms with Gasteiger partial charge in [-0.1, -0.05) is 37.6 Å². The number of amides is 3. The molecule has 0 aromatic heterocycles. The summed E-state index contributed by atoms with van der Waals surface area (Å²) >= 11 is 5.77. The molecule has 144 valence electrons. The number of hydrogen-bond donors (Lipinski definition) is 1. The van der Waals surface area contributed by atoms with Gasteiger partial charge in [0.05, 0.1) is 16.9 Å². The molecule has 3 atom stereocenters. The van der Waals surface area contributed by atoms with Crippen LogP contribution in [0.15, 0.2) is 30.4 Å². The van der Waals surface area contributed by atoms with Crippen LogP contribution in [0.2, 0.25) is 5.02 Å². The van der Waals surface area contributed by atoms with Crippen molar-refractivity contribution in [2.24, 2.45) is 17.8 Å². The number of nitrogens with one attached hydrogen (secondary N) is 1. The molecule has 1 fully saturated rings. The quantitative estimate of drug-likeness (QED) is 0.612. The van der Waals surface area contributed by atoms with Crippen molar-refractivity contribution >= 4 is 35.0 Å². The fourth-order valence-electron chi connectivity index (χ4n) is 3.71. The van der Waals surface area contributed by atoms with Crippen LogP contribution in [0.3, 0.4) is 0 Å². The predicted octanol–water partition coefficient (Wildman–Crippen LogP) is 3.78. The zero-order chi connectivity index (χ0) is 19.7. The lowest BCUT2D eigenvalue weighted by Crippen LogP contribution is -2.48. The first-order valence-electron chi connectivity index (χ1n) is 9.07. The summed E-state index contributed by atoms with van der Waals surface area (Å²) in [6.07, 6.45) is 5.22. The van der Waals surface area contributed by atoms with Gasteiger partial charge in [0.25, 0.3) is 0 Å². The second-order valence-electron chi connectivity index (χ2n) is 7.47. The van der Waals surface area contributed by atoms with Gasteiger partial charge in [-0.25, -0.2) is 4.39 Å². The minimum absolute atomic E-state index is 0.0962. The monoisotopic (exact) mass is 392 g/mol. The van der Waals surface area contributed by atoms with Crippen molar-refractivity contribution in [1.29, 1.82) is 0 Å². The van der Waals surface area contributed by atoms with Gasteiger partial charge < -0.3 is 5.32 Å². The fourth-order valence-corrected chi connectivity index (χ4v) is 3.89. The second-order valence-corrected chi connectivity index (χ2v) is 7.87. The number of allylic oxidation sites excluding steroid dienone is 2. The average molecular weight is 393 g/mol. The third kappa shape index (κ3) is 3.90. The Balaban J connectivity index is 1.85. The number of imide groups is 1. The van der Waals surface area contributed by atoms with Crippen molar-refractivity contribution in [3.05, 3.63) is 41.2 Å². The van der Waals surface area contributed by atoms with Gasteiger partial charge in [-0.3, -0.25) is 19.3 Å². The standard InChI is InChI=1S/C20H22ClFN2O3/c1-11(2)9-17(18(25)23-12-7-8-16(22)15(21)10-12)24-19(26)13-5-3-4-6-14(13)20(24)27/h3-4,7-8,10-11,13-14,17H,5-6,9H2,1-2H3,(H,23,25). The summed E-state index contributed by atoms with van der Waals surface area (Å²) < 4.78 is 13.3. The van der Waals surface area contributed by atoms with E-state index in [4.69, 9.17) is 11.6 Å². The Morgan fingerprint density at radius 1 is 1.22 bits per heavy atom. The molecule has 0 saturated carbocycles. The van der Waals surface area contributed by atoms with Gasteiger partial charge in [0, 0.05) is 5.69 Å². The third-order valence-corrected chi connectivity index (χ3v) is 5.33. The molecule has 0 radical (unpaired) electrons. The molecule has 0 spiro atoms. The van der Waals surface area contributed by atoms with E-state index in [9.17, 15) is 18.8 Å². The van der Waals surface area contributed by atoms with Crippen molar-refractivity contribution in [2.75, 3.05) is 5.32 Å². The molecule has 1 N–H and O–H groups in total. The first kappa shape index (κ1) is 19.5. The van der Waals surface area contributed by atoms with Crippen molar-refractivity contribution in [3.63, 3.8) is 0 Å². The van der Waals surface area contributed by atoms with Crippen molar-refractivity contribution in [2.45, 2.75) is 39.2 Å². The second kappa shape index (κ2) is 7.80. The lowest BCUT2D eigenvalue weighted by molar-refractivity contribution is -0.147. The molecular formula is C20H22ClFN2O3. The van der Waals surface area contributed by atoms with Gasteiger partial charge in [0.2, 0.25) is 17.7 Å². The van der Waals surface area contributed by atoms with Crippen LogP contribution in [0.25, 0.3) is 0 Å². The number of carbonyl (C=O) groups is 3. The number of benzene rings is 1. The van der Waals surface area contributed by atoms with E-state index in [1.165, 1.54) is 12.1 Å². The Morgan fingerprint density at radius 3 is 2.33 bits per heavy atom. The van der Waals surface area contributed by atoms with Crippen LogP contribution < -0.4 is 5.32 Å². The number of nitrogens with zero attached hydrogens (tertiary/aromatic N) is 1. The molecule has 2 aliphatic rings. The molecule has 7 heteroatoms. The van der Waals surface area contributed by atoms with Crippen LogP contribution in [0.5, 0.6) is 0 Å². The molecule has 3 amide bonds. The molecular weight excluding hydrogens is 371 g/mol. The van der Waals surface area contributed by atoms with E-state index in [2.05, 4.69) is 5.32 Å². The van der Waals surface area contributed by atoms with Crippen LogP contribution in [0.4, 0.5) is 10.1 Å². The number of fused-ring (bicyclic) bond motifs is 1. The van der Waals surface area contributed by atoms with Gasteiger partial charge in [-0.05, 0) is 43.4 Å². The first-order valence-corrected chi connectivity index (χ1v) is 9.45. The van der Waals surface area contributed by atoms with Crippen LogP contribution in [0.1, 0.15) is 33.1 Å². The van der Waals surface area contributed by atoms with E-state index in [0.717, 1.165) is 11.0 Å². The molecule has 5 nitrogen and oxygen atoms in total. The zero-order valence-electron chi connectivity index (χ0n) is 15.2. The third-order valence-electron chi connectivity index (χ3n) is 5.04. The normalized spacial score (nSPS) is 22.9. The molecule has 1 aliphatic carbocycles. The average Bonchev–Trinajstić information content (AvgIpc) is 2.87. The molecule has 27 heavy (non-hydrogen) atoms. The Bertz CT molecular complexity index is 782. The van der Waals surface area contributed by atoms with Gasteiger partial charge >= 0.3 is 0 Å². The Kier molecular flexibility index (Phi) is 5.65. The molecule has 3 rings (SSSR count). The molecule has 3 unspecified atom stereocenters. The highest BCUT2D eigenvalue weighted by molar-refractivity contribution is 6.31. The van der Waals surface area contributed by atoms with Gasteiger partial charge in [-0.2, -0.15) is 0 Å². The maximum atomic E-state index is 13.3. The number of anilines is 1. The summed E-state index contributed by atoms with van der Waals surface area (Å²) in [6, 6.07) is 2.95. The number of likely N-dealkylation sites (tertiary alicyclic amines) is 1. The predicted molar refractivity (Wildman–Crippen MR) is 100 cm³/mol. The smallest absolute Gasteiger partial charge is 0.247 e. The van der Waals surface area contributed by atoms with Crippen molar-refractivity contribution < 1.29 is 18.8 Å². The van der Waals surface area contributed by atoms with E-state index in [-0.39, 0.29) is 34.6 Å².